The molecule has 32 heavy (non-hydrogen) atoms. The monoisotopic (exact) mass is 453 g/mol. The Labute approximate surface area is 183 Å². The lowest BCUT2D eigenvalue weighted by Crippen LogP contribution is -2.32. The molecule has 0 fully saturated rings. The molecule has 0 bridgehead atoms. The van der Waals surface area contributed by atoms with Crippen molar-refractivity contribution in [3.05, 3.63) is 53.9 Å². The van der Waals surface area contributed by atoms with Crippen molar-refractivity contribution in [2.24, 2.45) is 0 Å². The van der Waals surface area contributed by atoms with Crippen LogP contribution in [-0.4, -0.2) is 64.7 Å². The summed E-state index contributed by atoms with van der Waals surface area (Å²) in [4.78, 5) is 5.51. The van der Waals surface area contributed by atoms with Gasteiger partial charge in [-0.3, -0.25) is 4.90 Å². The third-order valence-corrected chi connectivity index (χ3v) is 4.85. The highest BCUT2D eigenvalue weighted by Gasteiger charge is 2.38. The number of ether oxygens (including phenoxy) is 2. The van der Waals surface area contributed by atoms with Crippen molar-refractivity contribution in [3.8, 4) is 11.5 Å². The maximum Gasteiger partial charge on any atom is 0.449 e. The van der Waals surface area contributed by atoms with Crippen LogP contribution in [0.5, 0.6) is 11.5 Å². The van der Waals surface area contributed by atoms with E-state index in [1.54, 1.807) is 42.3 Å². The number of rotatable bonds is 10. The molecule has 1 atom stereocenters. The normalized spacial score (nSPS) is 13.0. The highest BCUT2D eigenvalue weighted by Crippen LogP contribution is 2.32. The number of nitrogens with zero attached hydrogens (tertiary/aromatic N) is 3. The first kappa shape index (κ1) is 23.8. The first-order chi connectivity index (χ1) is 15.2. The lowest BCUT2D eigenvalue weighted by molar-refractivity contribution is -0.147. The Hall–Kier alpha value is -2.82. The summed E-state index contributed by atoms with van der Waals surface area (Å²) in [6, 6.07) is 11.7. The molecule has 3 rings (SSSR count). The Kier molecular flexibility index (Phi) is 7.60. The molecular weight excluding hydrogens is 427 g/mol. The molecule has 7 nitrogen and oxygen atoms in total. The number of likely N-dealkylation sites (N-methyl/N-ethyl adjacent to an activating group) is 1. The number of hydrogen-bond donors (Lipinski definition) is 2. The van der Waals surface area contributed by atoms with Gasteiger partial charge in [-0.15, -0.1) is 0 Å². The zero-order chi connectivity index (χ0) is 23.3. The summed E-state index contributed by atoms with van der Waals surface area (Å²) in [6.07, 6.45) is -5.67. The minimum Gasteiger partial charge on any atom is -0.493 e. The van der Waals surface area contributed by atoms with Gasteiger partial charge in [0, 0.05) is 13.1 Å². The molecule has 2 N–H and O–H groups in total. The Morgan fingerprint density at radius 2 is 1.91 bits per heavy atom. The number of methoxy groups -OCH3 is 1. The maximum absolute atomic E-state index is 13.5. The van der Waals surface area contributed by atoms with E-state index in [2.05, 4.69) is 4.98 Å². The molecule has 3 aromatic rings. The smallest absolute Gasteiger partial charge is 0.449 e. The Balaban J connectivity index is 1.69. The summed E-state index contributed by atoms with van der Waals surface area (Å²) in [5.41, 5.74) is 1.43. The quantitative estimate of drug-likeness (QED) is 0.492. The van der Waals surface area contributed by atoms with E-state index in [-0.39, 0.29) is 31.8 Å². The molecule has 1 aromatic heterocycles. The van der Waals surface area contributed by atoms with Gasteiger partial charge >= 0.3 is 6.18 Å². The van der Waals surface area contributed by atoms with E-state index in [4.69, 9.17) is 14.6 Å². The second-order valence-electron chi connectivity index (χ2n) is 7.44. The van der Waals surface area contributed by atoms with Gasteiger partial charge in [0.1, 0.15) is 6.61 Å². The van der Waals surface area contributed by atoms with Crippen LogP contribution in [0.25, 0.3) is 11.0 Å². The second-order valence-corrected chi connectivity index (χ2v) is 7.44. The molecule has 0 saturated carbocycles. The number of aliphatic hydroxyl groups excluding tert-OH is 2. The average molecular weight is 453 g/mol. The van der Waals surface area contributed by atoms with Gasteiger partial charge in [0.2, 0.25) is 5.82 Å². The van der Waals surface area contributed by atoms with Gasteiger partial charge in [-0.2, -0.15) is 13.2 Å². The number of aromatic nitrogens is 2. The number of aliphatic hydroxyl groups is 2. The molecule has 1 unspecified atom stereocenters. The fourth-order valence-electron chi connectivity index (χ4n) is 3.57. The van der Waals surface area contributed by atoms with Gasteiger partial charge in [-0.1, -0.05) is 18.2 Å². The first-order valence-corrected chi connectivity index (χ1v) is 10.0. The van der Waals surface area contributed by atoms with E-state index in [0.29, 0.717) is 23.6 Å². The molecule has 0 spiro atoms. The van der Waals surface area contributed by atoms with E-state index in [0.717, 1.165) is 10.1 Å². The molecule has 0 aliphatic rings. The van der Waals surface area contributed by atoms with Crippen LogP contribution in [0, 0.1) is 0 Å². The Morgan fingerprint density at radius 3 is 2.59 bits per heavy atom. The van der Waals surface area contributed by atoms with Gasteiger partial charge in [0.25, 0.3) is 0 Å². The van der Waals surface area contributed by atoms with E-state index in [1.807, 2.05) is 6.07 Å². The highest BCUT2D eigenvalue weighted by atomic mass is 19.4. The van der Waals surface area contributed by atoms with Gasteiger partial charge in [0.15, 0.2) is 11.5 Å². The molecule has 1 heterocycles. The largest absolute Gasteiger partial charge is 0.493 e. The molecular formula is C22H26F3N3O4. The zero-order valence-electron chi connectivity index (χ0n) is 17.8. The Morgan fingerprint density at radius 1 is 1.16 bits per heavy atom. The third-order valence-electron chi connectivity index (χ3n) is 4.85. The summed E-state index contributed by atoms with van der Waals surface area (Å²) in [7, 11) is 3.27. The number of benzene rings is 2. The minimum absolute atomic E-state index is 0.117. The number of fused-ring (bicyclic) bond motifs is 1. The molecule has 0 saturated heterocycles. The number of imidazole rings is 1. The van der Waals surface area contributed by atoms with Crippen molar-refractivity contribution in [3.63, 3.8) is 0 Å². The molecule has 0 aliphatic carbocycles. The summed E-state index contributed by atoms with van der Waals surface area (Å²) in [5, 5.41) is 19.4. The SMILES string of the molecule is COc1cc(CN(C)CC(O)Cn2c(C(F)(F)F)nc3ccccc32)ccc1OCCO. The summed E-state index contributed by atoms with van der Waals surface area (Å²) >= 11 is 0. The van der Waals surface area contributed by atoms with Crippen molar-refractivity contribution in [2.45, 2.75) is 25.4 Å². The number of para-hydroxylation sites is 2. The lowest BCUT2D eigenvalue weighted by Gasteiger charge is -2.22. The van der Waals surface area contributed by atoms with Crippen LogP contribution in [0.3, 0.4) is 0 Å². The van der Waals surface area contributed by atoms with Crippen LogP contribution >= 0.6 is 0 Å². The topological polar surface area (TPSA) is 80.0 Å². The van der Waals surface area contributed by atoms with Crippen molar-refractivity contribution in [2.75, 3.05) is 33.9 Å². The minimum atomic E-state index is -4.62. The van der Waals surface area contributed by atoms with Gasteiger partial charge in [-0.05, 0) is 36.9 Å². The number of halogens is 3. The van der Waals surface area contributed by atoms with Gasteiger partial charge in [0.05, 0.1) is 37.4 Å². The molecule has 0 radical (unpaired) electrons. The van der Waals surface area contributed by atoms with Crippen LogP contribution in [0.4, 0.5) is 13.2 Å². The summed E-state index contributed by atoms with van der Waals surface area (Å²) in [5.74, 6) is -0.0205. The molecule has 174 valence electrons. The van der Waals surface area contributed by atoms with Gasteiger partial charge in [-0.25, -0.2) is 4.98 Å². The second kappa shape index (κ2) is 10.2. The molecule has 2 aromatic carbocycles. The predicted octanol–water partition coefficient (Wildman–Crippen LogP) is 2.93. The van der Waals surface area contributed by atoms with Crippen molar-refractivity contribution >= 4 is 11.0 Å². The number of hydrogen-bond acceptors (Lipinski definition) is 6. The summed E-state index contributed by atoms with van der Waals surface area (Å²) < 4.78 is 52.1. The van der Waals surface area contributed by atoms with Gasteiger partial charge < -0.3 is 24.3 Å². The van der Waals surface area contributed by atoms with Crippen molar-refractivity contribution < 1.29 is 32.9 Å². The van der Waals surface area contributed by atoms with E-state index >= 15 is 0 Å². The van der Waals surface area contributed by atoms with E-state index < -0.39 is 18.1 Å². The molecule has 10 heteroatoms. The average Bonchev–Trinajstić information content (AvgIpc) is 3.11. The lowest BCUT2D eigenvalue weighted by atomic mass is 10.2. The zero-order valence-corrected chi connectivity index (χ0v) is 17.8. The first-order valence-electron chi connectivity index (χ1n) is 10.0. The van der Waals surface area contributed by atoms with E-state index in [9.17, 15) is 18.3 Å². The highest BCUT2D eigenvalue weighted by molar-refractivity contribution is 5.76. The fourth-order valence-corrected chi connectivity index (χ4v) is 3.57. The van der Waals surface area contributed by atoms with Crippen molar-refractivity contribution in [1.82, 2.24) is 14.5 Å². The Bertz CT molecular complexity index is 1040. The maximum atomic E-state index is 13.5. The molecule has 0 amide bonds. The third kappa shape index (κ3) is 5.70. The van der Waals surface area contributed by atoms with E-state index in [1.165, 1.54) is 13.2 Å². The van der Waals surface area contributed by atoms with Crippen LogP contribution in [0.2, 0.25) is 0 Å². The number of alkyl halides is 3. The fraction of sp³-hybridized carbons (Fsp3) is 0.409. The molecule has 0 aliphatic heterocycles. The van der Waals surface area contributed by atoms with Crippen LogP contribution < -0.4 is 9.47 Å². The van der Waals surface area contributed by atoms with Crippen molar-refractivity contribution in [1.29, 1.82) is 0 Å². The predicted molar refractivity (Wildman–Crippen MR) is 113 cm³/mol. The van der Waals surface area contributed by atoms with Crippen LogP contribution in [-0.2, 0) is 19.3 Å². The standard InChI is InChI=1S/C22H26F3N3O4/c1-27(12-15-7-8-19(32-10-9-29)20(11-15)31-2)13-16(30)14-28-18-6-4-3-5-17(18)26-21(28)22(23,24)25/h3-8,11,16,29-30H,9-10,12-14H2,1-2H3. The summed E-state index contributed by atoms with van der Waals surface area (Å²) in [6.45, 7) is 0.370. The van der Waals surface area contributed by atoms with Crippen LogP contribution in [0.1, 0.15) is 11.4 Å². The van der Waals surface area contributed by atoms with Crippen LogP contribution in [0.15, 0.2) is 42.5 Å².